The van der Waals surface area contributed by atoms with Crippen LogP contribution in [0.3, 0.4) is 0 Å². The van der Waals surface area contributed by atoms with Gasteiger partial charge >= 0.3 is 0 Å². The number of hydrogen-bond donors (Lipinski definition) is 1. The van der Waals surface area contributed by atoms with Gasteiger partial charge in [-0.3, -0.25) is 9.78 Å². The maximum atomic E-state index is 11.7. The van der Waals surface area contributed by atoms with Crippen LogP contribution in [0.2, 0.25) is 0 Å². The van der Waals surface area contributed by atoms with Crippen molar-refractivity contribution in [2.24, 2.45) is 0 Å². The Balaban J connectivity index is 1.80. The highest BCUT2D eigenvalue weighted by atomic mass is 32.2. The van der Waals surface area contributed by atoms with E-state index in [1.807, 2.05) is 12.1 Å². The van der Waals surface area contributed by atoms with E-state index < -0.39 is 0 Å². The second-order valence-corrected chi connectivity index (χ2v) is 5.10. The first-order chi connectivity index (χ1) is 7.84. The zero-order chi connectivity index (χ0) is 11.2. The van der Waals surface area contributed by atoms with Crippen LogP contribution < -0.4 is 5.32 Å². The second-order valence-electron chi connectivity index (χ2n) is 4.06. The van der Waals surface area contributed by atoms with Gasteiger partial charge in [0.2, 0.25) is 0 Å². The van der Waals surface area contributed by atoms with Crippen molar-refractivity contribution < 1.29 is 4.79 Å². The number of carbonyl (C=O) groups is 1. The van der Waals surface area contributed by atoms with E-state index in [2.05, 4.69) is 10.3 Å². The number of thioether (sulfide) groups is 1. The Morgan fingerprint density at radius 2 is 2.19 bits per heavy atom. The summed E-state index contributed by atoms with van der Waals surface area (Å²) in [5.74, 6) is 0. The zero-order valence-electron chi connectivity index (χ0n) is 9.19. The van der Waals surface area contributed by atoms with Crippen molar-refractivity contribution in [1.82, 2.24) is 10.3 Å². The highest BCUT2D eigenvalue weighted by Crippen LogP contribution is 2.21. The molecule has 2 rings (SSSR count). The molecule has 0 saturated heterocycles. The van der Waals surface area contributed by atoms with E-state index in [1.165, 1.54) is 31.0 Å². The Kier molecular flexibility index (Phi) is 4.22. The first-order valence-electron chi connectivity index (χ1n) is 5.73. The fraction of sp³-hybridized carbons (Fsp3) is 0.500. The van der Waals surface area contributed by atoms with Gasteiger partial charge in [0.15, 0.2) is 0 Å². The van der Waals surface area contributed by atoms with Gasteiger partial charge < -0.3 is 5.32 Å². The topological polar surface area (TPSA) is 42.0 Å². The third-order valence-corrected chi connectivity index (χ3v) is 3.55. The van der Waals surface area contributed by atoms with Crippen molar-refractivity contribution in [1.29, 1.82) is 0 Å². The van der Waals surface area contributed by atoms with E-state index in [-0.39, 0.29) is 5.24 Å². The van der Waals surface area contributed by atoms with Crippen molar-refractivity contribution in [2.75, 3.05) is 0 Å². The van der Waals surface area contributed by atoms with Crippen LogP contribution in [0.1, 0.15) is 32.1 Å². The molecule has 1 amide bonds. The van der Waals surface area contributed by atoms with E-state index in [0.717, 1.165) is 17.7 Å². The minimum Gasteiger partial charge on any atom is -0.344 e. The molecule has 1 saturated carbocycles. The first kappa shape index (κ1) is 11.5. The van der Waals surface area contributed by atoms with Crippen molar-refractivity contribution in [2.45, 2.75) is 43.0 Å². The van der Waals surface area contributed by atoms with Gasteiger partial charge in [-0.15, -0.1) is 0 Å². The first-order valence-corrected chi connectivity index (χ1v) is 6.54. The molecule has 1 aliphatic rings. The summed E-state index contributed by atoms with van der Waals surface area (Å²) >= 11 is 1.22. The lowest BCUT2D eigenvalue weighted by molar-refractivity contribution is 0.253. The van der Waals surface area contributed by atoms with Crippen molar-refractivity contribution in [3.8, 4) is 0 Å². The standard InChI is InChI=1S/C12H16N2OS/c15-12(14-10-5-2-1-3-6-10)16-11-7-4-8-13-9-11/h4,7-10H,1-3,5-6H2,(H,14,15). The minimum atomic E-state index is 0.0416. The van der Waals surface area contributed by atoms with Gasteiger partial charge in [-0.25, -0.2) is 0 Å². The molecule has 1 N–H and O–H groups in total. The molecular formula is C12H16N2OS. The van der Waals surface area contributed by atoms with Crippen LogP contribution in [-0.4, -0.2) is 16.3 Å². The maximum Gasteiger partial charge on any atom is 0.284 e. The molecule has 0 radical (unpaired) electrons. The Labute approximate surface area is 100 Å². The highest BCUT2D eigenvalue weighted by molar-refractivity contribution is 8.13. The molecule has 16 heavy (non-hydrogen) atoms. The summed E-state index contributed by atoms with van der Waals surface area (Å²) in [6.45, 7) is 0. The molecule has 4 heteroatoms. The molecule has 0 aliphatic heterocycles. The number of aromatic nitrogens is 1. The monoisotopic (exact) mass is 236 g/mol. The molecule has 1 heterocycles. The van der Waals surface area contributed by atoms with Crippen LogP contribution in [0.25, 0.3) is 0 Å². The van der Waals surface area contributed by atoms with Crippen molar-refractivity contribution >= 4 is 17.0 Å². The Morgan fingerprint density at radius 3 is 2.88 bits per heavy atom. The predicted molar refractivity (Wildman–Crippen MR) is 65.5 cm³/mol. The average molecular weight is 236 g/mol. The Morgan fingerprint density at radius 1 is 1.38 bits per heavy atom. The summed E-state index contributed by atoms with van der Waals surface area (Å²) in [6, 6.07) is 4.12. The normalized spacial score (nSPS) is 17.0. The Bertz CT molecular complexity index is 336. The van der Waals surface area contributed by atoms with Gasteiger partial charge in [0.05, 0.1) is 0 Å². The molecule has 1 aromatic rings. The SMILES string of the molecule is O=C(NC1CCCCC1)Sc1cccnc1. The van der Waals surface area contributed by atoms with Gasteiger partial charge in [0.25, 0.3) is 5.24 Å². The van der Waals surface area contributed by atoms with Gasteiger partial charge in [-0.1, -0.05) is 19.3 Å². The third kappa shape index (κ3) is 3.52. The third-order valence-electron chi connectivity index (χ3n) is 2.77. The van der Waals surface area contributed by atoms with E-state index in [0.29, 0.717) is 6.04 Å². The fourth-order valence-corrected chi connectivity index (χ4v) is 2.66. The number of carbonyl (C=O) groups excluding carboxylic acids is 1. The van der Waals surface area contributed by atoms with Crippen LogP contribution in [-0.2, 0) is 0 Å². The molecule has 0 aromatic carbocycles. The summed E-state index contributed by atoms with van der Waals surface area (Å²) in [7, 11) is 0. The minimum absolute atomic E-state index is 0.0416. The number of hydrogen-bond acceptors (Lipinski definition) is 3. The molecule has 0 atom stereocenters. The van der Waals surface area contributed by atoms with Crippen molar-refractivity contribution in [3.05, 3.63) is 24.5 Å². The lowest BCUT2D eigenvalue weighted by atomic mass is 9.96. The van der Waals surface area contributed by atoms with E-state index in [9.17, 15) is 4.79 Å². The molecule has 1 aliphatic carbocycles. The fourth-order valence-electron chi connectivity index (χ4n) is 1.96. The summed E-state index contributed by atoms with van der Waals surface area (Å²) in [5.41, 5.74) is 0. The lowest BCUT2D eigenvalue weighted by Gasteiger charge is -2.22. The average Bonchev–Trinajstić information content (AvgIpc) is 2.31. The summed E-state index contributed by atoms with van der Waals surface area (Å²) in [6.07, 6.45) is 9.46. The lowest BCUT2D eigenvalue weighted by Crippen LogP contribution is -2.33. The Hall–Kier alpha value is -1.03. The smallest absolute Gasteiger partial charge is 0.284 e. The number of nitrogens with one attached hydrogen (secondary N) is 1. The van der Waals surface area contributed by atoms with Gasteiger partial charge in [0.1, 0.15) is 0 Å². The molecule has 86 valence electrons. The number of amides is 1. The summed E-state index contributed by atoms with van der Waals surface area (Å²) in [4.78, 5) is 16.6. The van der Waals surface area contributed by atoms with E-state index in [1.54, 1.807) is 12.4 Å². The molecule has 0 bridgehead atoms. The van der Waals surface area contributed by atoms with Crippen LogP contribution in [0.4, 0.5) is 4.79 Å². The van der Waals surface area contributed by atoms with Crippen LogP contribution in [0.15, 0.2) is 29.4 Å². The molecule has 0 spiro atoms. The van der Waals surface area contributed by atoms with Gasteiger partial charge in [0, 0.05) is 23.3 Å². The van der Waals surface area contributed by atoms with Crippen molar-refractivity contribution in [3.63, 3.8) is 0 Å². The number of pyridine rings is 1. The number of nitrogens with zero attached hydrogens (tertiary/aromatic N) is 1. The molecule has 3 nitrogen and oxygen atoms in total. The largest absolute Gasteiger partial charge is 0.344 e. The van der Waals surface area contributed by atoms with Gasteiger partial charge in [-0.05, 0) is 36.7 Å². The van der Waals surface area contributed by atoms with Gasteiger partial charge in [-0.2, -0.15) is 0 Å². The molecule has 1 aromatic heterocycles. The highest BCUT2D eigenvalue weighted by Gasteiger charge is 2.15. The molecular weight excluding hydrogens is 220 g/mol. The summed E-state index contributed by atoms with van der Waals surface area (Å²) in [5, 5.41) is 3.11. The van der Waals surface area contributed by atoms with E-state index >= 15 is 0 Å². The molecule has 1 fully saturated rings. The predicted octanol–water partition coefficient (Wildman–Crippen LogP) is 3.22. The zero-order valence-corrected chi connectivity index (χ0v) is 10.0. The maximum absolute atomic E-state index is 11.7. The van der Waals surface area contributed by atoms with Crippen LogP contribution >= 0.6 is 11.8 Å². The van der Waals surface area contributed by atoms with Crippen LogP contribution in [0, 0.1) is 0 Å². The quantitative estimate of drug-likeness (QED) is 0.802. The van der Waals surface area contributed by atoms with Crippen LogP contribution in [0.5, 0.6) is 0 Å². The second kappa shape index (κ2) is 5.89. The summed E-state index contributed by atoms with van der Waals surface area (Å²) < 4.78 is 0. The van der Waals surface area contributed by atoms with E-state index in [4.69, 9.17) is 0 Å². The molecule has 0 unspecified atom stereocenters. The number of rotatable bonds is 2.